The predicted molar refractivity (Wildman–Crippen MR) is 83.5 cm³/mol. The molecule has 0 radical (unpaired) electrons. The van der Waals surface area contributed by atoms with E-state index in [9.17, 15) is 14.7 Å². The standard InChI is InChI=1S/C15H16BrNO5/c1-21-12-7-9(6-11(16)15(12)20)2-5-14(19)22-8-13(18)17-10-3-4-10/h2,5-7,10,20H,3-4,8H2,1H3,(H,17,18)/b5-2+. The molecule has 22 heavy (non-hydrogen) atoms. The summed E-state index contributed by atoms with van der Waals surface area (Å²) in [4.78, 5) is 22.9. The van der Waals surface area contributed by atoms with Crippen LogP contribution in [0.15, 0.2) is 22.7 Å². The first kappa shape index (κ1) is 16.4. The van der Waals surface area contributed by atoms with E-state index in [0.29, 0.717) is 10.0 Å². The third-order valence-electron chi connectivity index (χ3n) is 2.97. The van der Waals surface area contributed by atoms with Gasteiger partial charge in [0.2, 0.25) is 0 Å². The van der Waals surface area contributed by atoms with Crippen LogP contribution in [-0.4, -0.2) is 36.7 Å². The number of esters is 1. The predicted octanol–water partition coefficient (Wildman–Crippen LogP) is 2.00. The quantitative estimate of drug-likeness (QED) is 0.591. The van der Waals surface area contributed by atoms with E-state index in [1.807, 2.05) is 0 Å². The lowest BCUT2D eigenvalue weighted by Crippen LogP contribution is -2.30. The Balaban J connectivity index is 1.88. The van der Waals surface area contributed by atoms with Crippen molar-refractivity contribution in [2.24, 2.45) is 0 Å². The number of nitrogens with one attached hydrogen (secondary N) is 1. The topological polar surface area (TPSA) is 84.9 Å². The summed E-state index contributed by atoms with van der Waals surface area (Å²) in [7, 11) is 1.43. The van der Waals surface area contributed by atoms with Gasteiger partial charge in [0, 0.05) is 12.1 Å². The second-order valence-corrected chi connectivity index (χ2v) is 5.69. The van der Waals surface area contributed by atoms with E-state index in [4.69, 9.17) is 9.47 Å². The number of benzene rings is 1. The minimum atomic E-state index is -0.617. The molecule has 0 bridgehead atoms. The zero-order valence-electron chi connectivity index (χ0n) is 12.0. The van der Waals surface area contributed by atoms with Gasteiger partial charge in [-0.25, -0.2) is 4.79 Å². The molecule has 1 aliphatic rings. The van der Waals surface area contributed by atoms with Gasteiger partial charge in [-0.2, -0.15) is 0 Å². The molecular weight excluding hydrogens is 354 g/mol. The second kappa shape index (κ2) is 7.31. The van der Waals surface area contributed by atoms with E-state index in [2.05, 4.69) is 21.2 Å². The van der Waals surface area contributed by atoms with E-state index in [-0.39, 0.29) is 30.1 Å². The Bertz CT molecular complexity index is 610. The molecule has 1 aliphatic carbocycles. The molecule has 2 rings (SSSR count). The number of methoxy groups -OCH3 is 1. The van der Waals surface area contributed by atoms with Crippen molar-refractivity contribution < 1.29 is 24.2 Å². The first-order valence-electron chi connectivity index (χ1n) is 6.70. The summed E-state index contributed by atoms with van der Waals surface area (Å²) in [5.74, 6) is -0.641. The smallest absolute Gasteiger partial charge is 0.331 e. The Morgan fingerprint density at radius 3 is 2.82 bits per heavy atom. The lowest BCUT2D eigenvalue weighted by atomic mass is 10.2. The van der Waals surface area contributed by atoms with Crippen LogP contribution in [0.2, 0.25) is 0 Å². The third kappa shape index (κ3) is 4.77. The van der Waals surface area contributed by atoms with Crippen molar-refractivity contribution in [1.82, 2.24) is 5.32 Å². The maximum atomic E-state index is 11.5. The number of amides is 1. The van der Waals surface area contributed by atoms with Crippen LogP contribution >= 0.6 is 15.9 Å². The SMILES string of the molecule is COc1cc(/C=C/C(=O)OCC(=O)NC2CC2)cc(Br)c1O. The summed E-state index contributed by atoms with van der Waals surface area (Å²) in [6.45, 7) is -0.289. The Labute approximate surface area is 136 Å². The number of ether oxygens (including phenoxy) is 2. The zero-order valence-corrected chi connectivity index (χ0v) is 13.6. The highest BCUT2D eigenvalue weighted by molar-refractivity contribution is 9.10. The van der Waals surface area contributed by atoms with E-state index in [0.717, 1.165) is 12.8 Å². The third-order valence-corrected chi connectivity index (χ3v) is 3.58. The number of rotatable bonds is 6. The van der Waals surface area contributed by atoms with E-state index < -0.39 is 5.97 Å². The fraction of sp³-hybridized carbons (Fsp3) is 0.333. The number of hydrogen-bond donors (Lipinski definition) is 2. The molecule has 0 atom stereocenters. The molecule has 0 aromatic heterocycles. The van der Waals surface area contributed by atoms with Crippen LogP contribution in [0.4, 0.5) is 0 Å². The molecular formula is C15H16BrNO5. The van der Waals surface area contributed by atoms with Gasteiger partial charge in [-0.1, -0.05) is 0 Å². The minimum absolute atomic E-state index is 0.0148. The van der Waals surface area contributed by atoms with Gasteiger partial charge in [0.15, 0.2) is 18.1 Å². The molecule has 0 saturated heterocycles. The van der Waals surface area contributed by atoms with Crippen LogP contribution in [-0.2, 0) is 14.3 Å². The maximum Gasteiger partial charge on any atom is 0.331 e. The first-order valence-corrected chi connectivity index (χ1v) is 7.49. The number of aromatic hydroxyl groups is 1. The molecule has 0 spiro atoms. The largest absolute Gasteiger partial charge is 0.503 e. The van der Waals surface area contributed by atoms with Gasteiger partial charge in [0.05, 0.1) is 11.6 Å². The normalized spacial score (nSPS) is 13.9. The number of halogens is 1. The molecule has 0 heterocycles. The zero-order chi connectivity index (χ0) is 16.1. The van der Waals surface area contributed by atoms with Gasteiger partial charge in [-0.3, -0.25) is 4.79 Å². The van der Waals surface area contributed by atoms with Crippen LogP contribution in [0.3, 0.4) is 0 Å². The van der Waals surface area contributed by atoms with E-state index >= 15 is 0 Å². The van der Waals surface area contributed by atoms with Gasteiger partial charge in [0.25, 0.3) is 5.91 Å². The summed E-state index contributed by atoms with van der Waals surface area (Å²) >= 11 is 3.19. The van der Waals surface area contributed by atoms with Crippen LogP contribution < -0.4 is 10.1 Å². The number of hydrogen-bond acceptors (Lipinski definition) is 5. The second-order valence-electron chi connectivity index (χ2n) is 4.84. The average molecular weight is 370 g/mol. The average Bonchev–Trinajstić information content (AvgIpc) is 3.30. The van der Waals surface area contributed by atoms with Gasteiger partial charge in [-0.05, 0) is 52.5 Å². The molecule has 0 unspecified atom stereocenters. The van der Waals surface area contributed by atoms with Crippen molar-refractivity contribution in [1.29, 1.82) is 0 Å². The molecule has 1 aromatic carbocycles. The molecule has 1 fully saturated rings. The minimum Gasteiger partial charge on any atom is -0.503 e. The highest BCUT2D eigenvalue weighted by atomic mass is 79.9. The summed E-state index contributed by atoms with van der Waals surface area (Å²) < 4.78 is 10.3. The Hall–Kier alpha value is -2.02. The van der Waals surface area contributed by atoms with Crippen LogP contribution in [0.25, 0.3) is 6.08 Å². The Kier molecular flexibility index (Phi) is 5.43. The van der Waals surface area contributed by atoms with Crippen LogP contribution in [0.1, 0.15) is 18.4 Å². The molecule has 1 aromatic rings. The lowest BCUT2D eigenvalue weighted by molar-refractivity contribution is -0.143. The van der Waals surface area contributed by atoms with E-state index in [1.165, 1.54) is 19.3 Å². The van der Waals surface area contributed by atoms with Crippen molar-refractivity contribution in [2.75, 3.05) is 13.7 Å². The molecule has 0 aliphatic heterocycles. The van der Waals surface area contributed by atoms with Gasteiger partial charge in [0.1, 0.15) is 0 Å². The highest BCUT2D eigenvalue weighted by Gasteiger charge is 2.23. The van der Waals surface area contributed by atoms with Gasteiger partial charge >= 0.3 is 5.97 Å². The van der Waals surface area contributed by atoms with Crippen molar-refractivity contribution in [3.05, 3.63) is 28.2 Å². The number of phenols is 1. The van der Waals surface area contributed by atoms with Crippen molar-refractivity contribution in [3.8, 4) is 11.5 Å². The summed E-state index contributed by atoms with van der Waals surface area (Å²) in [6, 6.07) is 3.44. The fourth-order valence-corrected chi connectivity index (χ4v) is 2.15. The summed E-state index contributed by atoms with van der Waals surface area (Å²) in [6.07, 6.45) is 4.69. The maximum absolute atomic E-state index is 11.5. The first-order chi connectivity index (χ1) is 10.5. The number of phenolic OH excluding ortho intramolecular Hbond substituents is 1. The number of carbonyl (C=O) groups excluding carboxylic acids is 2. The van der Waals surface area contributed by atoms with Crippen LogP contribution in [0, 0.1) is 0 Å². The summed E-state index contributed by atoms with van der Waals surface area (Å²) in [5, 5.41) is 12.4. The van der Waals surface area contributed by atoms with Crippen LogP contribution in [0.5, 0.6) is 11.5 Å². The Morgan fingerprint density at radius 1 is 1.45 bits per heavy atom. The fourth-order valence-electron chi connectivity index (χ4n) is 1.69. The molecule has 1 saturated carbocycles. The monoisotopic (exact) mass is 369 g/mol. The molecule has 6 nitrogen and oxygen atoms in total. The molecule has 2 N–H and O–H groups in total. The number of carbonyl (C=O) groups is 2. The lowest BCUT2D eigenvalue weighted by Gasteiger charge is -2.06. The molecule has 118 valence electrons. The molecule has 7 heteroatoms. The van der Waals surface area contributed by atoms with Gasteiger partial charge < -0.3 is 19.9 Å². The molecule has 1 amide bonds. The van der Waals surface area contributed by atoms with E-state index in [1.54, 1.807) is 12.1 Å². The van der Waals surface area contributed by atoms with Crippen molar-refractivity contribution in [3.63, 3.8) is 0 Å². The van der Waals surface area contributed by atoms with Crippen molar-refractivity contribution >= 4 is 33.9 Å². The summed E-state index contributed by atoms with van der Waals surface area (Å²) in [5.41, 5.74) is 0.640. The highest BCUT2D eigenvalue weighted by Crippen LogP contribution is 2.35. The van der Waals surface area contributed by atoms with Crippen molar-refractivity contribution in [2.45, 2.75) is 18.9 Å². The van der Waals surface area contributed by atoms with Gasteiger partial charge in [-0.15, -0.1) is 0 Å². The Morgan fingerprint density at radius 2 is 2.18 bits per heavy atom.